The van der Waals surface area contributed by atoms with Crippen LogP contribution in [0, 0.1) is 0 Å². The van der Waals surface area contributed by atoms with Crippen LogP contribution in [0.1, 0.15) is 35.2 Å². The molecule has 0 bridgehead atoms. The summed E-state index contributed by atoms with van der Waals surface area (Å²) in [6.45, 7) is -0.0427. The molecule has 0 aromatic heterocycles. The van der Waals surface area contributed by atoms with Crippen LogP contribution >= 0.6 is 0 Å². The summed E-state index contributed by atoms with van der Waals surface area (Å²) >= 11 is 0. The maximum atomic E-state index is 11.9. The summed E-state index contributed by atoms with van der Waals surface area (Å²) in [6.07, 6.45) is -5.05. The Labute approximate surface area is 120 Å². The highest BCUT2D eigenvalue weighted by Crippen LogP contribution is 2.20. The molecule has 0 atom stereocenters. The third-order valence-electron chi connectivity index (χ3n) is 2.83. The van der Waals surface area contributed by atoms with Crippen LogP contribution in [-0.2, 0) is 11.2 Å². The van der Waals surface area contributed by atoms with Crippen LogP contribution in [0.25, 0.3) is 0 Å². The summed E-state index contributed by atoms with van der Waals surface area (Å²) in [5, 5.41) is 11.4. The number of benzene rings is 1. The van der Waals surface area contributed by atoms with E-state index in [1.807, 2.05) is 0 Å². The van der Waals surface area contributed by atoms with Crippen molar-refractivity contribution < 1.29 is 27.9 Å². The normalized spacial score (nSPS) is 11.2. The van der Waals surface area contributed by atoms with Gasteiger partial charge in [0, 0.05) is 19.4 Å². The van der Waals surface area contributed by atoms with E-state index in [2.05, 4.69) is 5.32 Å². The number of carboxylic acids is 1. The minimum absolute atomic E-state index is 0.0380. The van der Waals surface area contributed by atoms with Gasteiger partial charge in [0.25, 0.3) is 0 Å². The maximum Gasteiger partial charge on any atom is 0.389 e. The van der Waals surface area contributed by atoms with E-state index in [1.54, 1.807) is 18.2 Å². The van der Waals surface area contributed by atoms with Gasteiger partial charge in [-0.15, -0.1) is 0 Å². The Morgan fingerprint density at radius 2 is 1.86 bits per heavy atom. The summed E-state index contributed by atoms with van der Waals surface area (Å²) < 4.78 is 35.7. The second-order valence-corrected chi connectivity index (χ2v) is 4.53. The van der Waals surface area contributed by atoms with Gasteiger partial charge in [-0.05, 0) is 24.5 Å². The molecule has 1 amide bonds. The van der Waals surface area contributed by atoms with Crippen LogP contribution in [0.15, 0.2) is 24.3 Å². The van der Waals surface area contributed by atoms with Crippen LogP contribution < -0.4 is 5.32 Å². The monoisotopic (exact) mass is 303 g/mol. The fourth-order valence-corrected chi connectivity index (χ4v) is 1.80. The molecule has 2 N–H and O–H groups in total. The number of nitrogens with one attached hydrogen (secondary N) is 1. The number of hydrogen-bond acceptors (Lipinski definition) is 2. The lowest BCUT2D eigenvalue weighted by Gasteiger charge is -2.08. The molecule has 0 saturated heterocycles. The van der Waals surface area contributed by atoms with Gasteiger partial charge in [-0.3, -0.25) is 4.79 Å². The molecule has 1 rings (SSSR count). The Morgan fingerprint density at radius 3 is 2.48 bits per heavy atom. The fraction of sp³-hybridized carbons (Fsp3) is 0.429. The molecule has 0 unspecified atom stereocenters. The van der Waals surface area contributed by atoms with Crippen molar-refractivity contribution in [1.29, 1.82) is 0 Å². The molecule has 0 radical (unpaired) electrons. The SMILES string of the molecule is O=C(CCc1ccccc1C(=O)O)NCCCC(F)(F)F. The number of rotatable bonds is 7. The van der Waals surface area contributed by atoms with Crippen molar-refractivity contribution in [2.24, 2.45) is 0 Å². The highest BCUT2D eigenvalue weighted by molar-refractivity contribution is 5.89. The van der Waals surface area contributed by atoms with Crippen LogP contribution in [-0.4, -0.2) is 29.7 Å². The van der Waals surface area contributed by atoms with Crippen molar-refractivity contribution >= 4 is 11.9 Å². The van der Waals surface area contributed by atoms with Gasteiger partial charge in [-0.2, -0.15) is 13.2 Å². The lowest BCUT2D eigenvalue weighted by Crippen LogP contribution is -2.26. The predicted molar refractivity (Wildman–Crippen MR) is 70.0 cm³/mol. The van der Waals surface area contributed by atoms with Crippen molar-refractivity contribution in [3.8, 4) is 0 Å². The smallest absolute Gasteiger partial charge is 0.389 e. The Bertz CT molecular complexity index is 500. The number of aryl methyl sites for hydroxylation is 1. The van der Waals surface area contributed by atoms with Crippen molar-refractivity contribution in [1.82, 2.24) is 5.32 Å². The van der Waals surface area contributed by atoms with Gasteiger partial charge >= 0.3 is 12.1 Å². The van der Waals surface area contributed by atoms with Gasteiger partial charge in [-0.25, -0.2) is 4.79 Å². The Kier molecular flexibility index (Phi) is 6.20. The van der Waals surface area contributed by atoms with E-state index in [9.17, 15) is 22.8 Å². The number of hydrogen-bond donors (Lipinski definition) is 2. The molecule has 0 aliphatic heterocycles. The van der Waals surface area contributed by atoms with Crippen molar-refractivity contribution in [2.75, 3.05) is 6.54 Å². The number of halogens is 3. The van der Waals surface area contributed by atoms with Crippen molar-refractivity contribution in [2.45, 2.75) is 31.9 Å². The van der Waals surface area contributed by atoms with Crippen molar-refractivity contribution in [3.05, 3.63) is 35.4 Å². The van der Waals surface area contributed by atoms with E-state index < -0.39 is 24.5 Å². The van der Waals surface area contributed by atoms with Crippen molar-refractivity contribution in [3.63, 3.8) is 0 Å². The molecule has 0 heterocycles. The quantitative estimate of drug-likeness (QED) is 0.761. The predicted octanol–water partition coefficient (Wildman–Crippen LogP) is 2.78. The van der Waals surface area contributed by atoms with E-state index in [1.165, 1.54) is 6.07 Å². The molecule has 0 fully saturated rings. The minimum Gasteiger partial charge on any atom is -0.478 e. The van der Waals surface area contributed by atoms with Gasteiger partial charge in [0.2, 0.25) is 5.91 Å². The van der Waals surface area contributed by atoms with Gasteiger partial charge in [0.15, 0.2) is 0 Å². The lowest BCUT2D eigenvalue weighted by atomic mass is 10.0. The molecule has 4 nitrogen and oxygen atoms in total. The van der Waals surface area contributed by atoms with Crippen LogP contribution in [0.4, 0.5) is 13.2 Å². The number of carbonyl (C=O) groups is 2. The van der Waals surface area contributed by atoms with E-state index in [4.69, 9.17) is 5.11 Å². The van der Waals surface area contributed by atoms with E-state index in [0.717, 1.165) is 0 Å². The van der Waals surface area contributed by atoms with E-state index in [-0.39, 0.29) is 31.4 Å². The van der Waals surface area contributed by atoms with Crippen LogP contribution in [0.2, 0.25) is 0 Å². The third-order valence-corrected chi connectivity index (χ3v) is 2.83. The first-order valence-corrected chi connectivity index (χ1v) is 6.44. The maximum absolute atomic E-state index is 11.9. The molecule has 7 heteroatoms. The highest BCUT2D eigenvalue weighted by atomic mass is 19.4. The summed E-state index contributed by atoms with van der Waals surface area (Å²) in [5.41, 5.74) is 0.651. The minimum atomic E-state index is -4.22. The molecule has 0 saturated carbocycles. The standard InChI is InChI=1S/C14H16F3NO3/c15-14(16,17)8-3-9-18-12(19)7-6-10-4-1-2-5-11(10)13(20)21/h1-2,4-5H,3,6-9H2,(H,18,19)(H,20,21). The third kappa shape index (κ3) is 6.78. The average Bonchev–Trinajstić information content (AvgIpc) is 2.40. The molecule has 0 spiro atoms. The largest absolute Gasteiger partial charge is 0.478 e. The molecule has 0 aliphatic rings. The zero-order valence-corrected chi connectivity index (χ0v) is 11.2. The first-order chi connectivity index (χ1) is 9.79. The number of carbonyl (C=O) groups excluding carboxylic acids is 1. The molecular formula is C14H16F3NO3. The Balaban J connectivity index is 2.35. The van der Waals surface area contributed by atoms with E-state index in [0.29, 0.717) is 5.56 Å². The van der Waals surface area contributed by atoms with Crippen LogP contribution in [0.3, 0.4) is 0 Å². The highest BCUT2D eigenvalue weighted by Gasteiger charge is 2.25. The van der Waals surface area contributed by atoms with Gasteiger partial charge in [-0.1, -0.05) is 18.2 Å². The molecular weight excluding hydrogens is 287 g/mol. The molecule has 0 aliphatic carbocycles. The molecule has 1 aromatic carbocycles. The summed E-state index contributed by atoms with van der Waals surface area (Å²) in [5.74, 6) is -1.46. The average molecular weight is 303 g/mol. The zero-order chi connectivity index (χ0) is 15.9. The van der Waals surface area contributed by atoms with Crippen LogP contribution in [0.5, 0.6) is 0 Å². The van der Waals surface area contributed by atoms with Gasteiger partial charge in [0.1, 0.15) is 0 Å². The number of aromatic carboxylic acids is 1. The summed E-state index contributed by atoms with van der Waals surface area (Å²) in [6, 6.07) is 6.31. The summed E-state index contributed by atoms with van der Waals surface area (Å²) in [7, 11) is 0. The van der Waals surface area contributed by atoms with E-state index >= 15 is 0 Å². The topological polar surface area (TPSA) is 66.4 Å². The number of amides is 1. The second-order valence-electron chi connectivity index (χ2n) is 4.53. The summed E-state index contributed by atoms with van der Waals surface area (Å²) in [4.78, 5) is 22.4. The first kappa shape index (κ1) is 17.0. The molecule has 116 valence electrons. The van der Waals surface area contributed by atoms with Gasteiger partial charge in [0.05, 0.1) is 5.56 Å². The number of carboxylic acid groups (broad SMARTS) is 1. The molecule has 21 heavy (non-hydrogen) atoms. The molecule has 1 aromatic rings. The zero-order valence-electron chi connectivity index (χ0n) is 11.2. The van der Waals surface area contributed by atoms with Gasteiger partial charge < -0.3 is 10.4 Å². The Morgan fingerprint density at radius 1 is 1.19 bits per heavy atom. The first-order valence-electron chi connectivity index (χ1n) is 6.44. The Hall–Kier alpha value is -2.05. The second kappa shape index (κ2) is 7.66. The number of alkyl halides is 3. The fourth-order valence-electron chi connectivity index (χ4n) is 1.80. The lowest BCUT2D eigenvalue weighted by molar-refractivity contribution is -0.136.